The van der Waals surface area contributed by atoms with Crippen molar-refractivity contribution in [2.45, 2.75) is 65.7 Å². The highest BCUT2D eigenvalue weighted by atomic mass is 16.6. The summed E-state index contributed by atoms with van der Waals surface area (Å²) in [6.07, 6.45) is 6.65. The Balaban J connectivity index is 2.85. The Morgan fingerprint density at radius 1 is 0.950 bits per heavy atom. The SMILES string of the molecule is CCCOC(=O)C(C)(C(=O)OCCC)C1CCCCC1. The predicted molar refractivity (Wildman–Crippen MR) is 77.2 cm³/mol. The summed E-state index contributed by atoms with van der Waals surface area (Å²) in [6, 6.07) is 0. The number of esters is 2. The fourth-order valence-electron chi connectivity index (χ4n) is 2.79. The van der Waals surface area contributed by atoms with Crippen molar-refractivity contribution in [3.63, 3.8) is 0 Å². The highest BCUT2D eigenvalue weighted by molar-refractivity contribution is 6.00. The van der Waals surface area contributed by atoms with E-state index in [9.17, 15) is 9.59 Å². The summed E-state index contributed by atoms with van der Waals surface area (Å²) in [7, 11) is 0. The maximum Gasteiger partial charge on any atom is 0.323 e. The fraction of sp³-hybridized carbons (Fsp3) is 0.875. The lowest BCUT2D eigenvalue weighted by atomic mass is 9.69. The molecule has 0 aromatic heterocycles. The summed E-state index contributed by atoms with van der Waals surface area (Å²) in [5.41, 5.74) is -1.13. The highest BCUT2D eigenvalue weighted by Crippen LogP contribution is 2.40. The molecule has 0 radical (unpaired) electrons. The van der Waals surface area contributed by atoms with Crippen molar-refractivity contribution in [1.82, 2.24) is 0 Å². The van der Waals surface area contributed by atoms with Crippen LogP contribution in [0.25, 0.3) is 0 Å². The van der Waals surface area contributed by atoms with E-state index < -0.39 is 17.4 Å². The molecule has 0 heterocycles. The Morgan fingerprint density at radius 2 is 1.40 bits per heavy atom. The lowest BCUT2D eigenvalue weighted by Gasteiger charge is -2.35. The van der Waals surface area contributed by atoms with E-state index in [0.29, 0.717) is 13.2 Å². The molecule has 20 heavy (non-hydrogen) atoms. The maximum absolute atomic E-state index is 12.4. The van der Waals surface area contributed by atoms with E-state index in [1.54, 1.807) is 6.92 Å². The molecule has 4 nitrogen and oxygen atoms in total. The fourth-order valence-corrected chi connectivity index (χ4v) is 2.79. The van der Waals surface area contributed by atoms with Crippen LogP contribution in [0.2, 0.25) is 0 Å². The number of carbonyl (C=O) groups is 2. The summed E-state index contributed by atoms with van der Waals surface area (Å²) in [5.74, 6) is -0.773. The molecule has 0 aliphatic heterocycles. The van der Waals surface area contributed by atoms with E-state index in [-0.39, 0.29) is 5.92 Å². The van der Waals surface area contributed by atoms with E-state index in [0.717, 1.165) is 38.5 Å². The molecule has 0 spiro atoms. The average Bonchev–Trinajstić information content (AvgIpc) is 2.50. The van der Waals surface area contributed by atoms with Gasteiger partial charge in [-0.15, -0.1) is 0 Å². The smallest absolute Gasteiger partial charge is 0.323 e. The number of rotatable bonds is 7. The first-order valence-corrected chi connectivity index (χ1v) is 7.91. The summed E-state index contributed by atoms with van der Waals surface area (Å²) in [6.45, 7) is 6.32. The van der Waals surface area contributed by atoms with Gasteiger partial charge in [0, 0.05) is 0 Å². The Hall–Kier alpha value is -1.06. The van der Waals surface area contributed by atoms with E-state index in [1.165, 1.54) is 6.42 Å². The molecule has 1 rings (SSSR count). The van der Waals surface area contributed by atoms with Gasteiger partial charge in [-0.1, -0.05) is 33.1 Å². The van der Waals surface area contributed by atoms with Crippen LogP contribution < -0.4 is 0 Å². The third-order valence-electron chi connectivity index (χ3n) is 4.14. The largest absolute Gasteiger partial charge is 0.465 e. The van der Waals surface area contributed by atoms with E-state index in [4.69, 9.17) is 9.47 Å². The molecule has 0 N–H and O–H groups in total. The lowest BCUT2D eigenvalue weighted by Crippen LogP contribution is -2.46. The summed E-state index contributed by atoms with van der Waals surface area (Å²) in [4.78, 5) is 24.8. The minimum absolute atomic E-state index is 0.0463. The molecule has 1 aliphatic carbocycles. The minimum atomic E-state index is -1.13. The first kappa shape index (κ1) is 17.0. The molecular formula is C16H28O4. The van der Waals surface area contributed by atoms with Crippen LogP contribution in [0.5, 0.6) is 0 Å². The monoisotopic (exact) mass is 284 g/mol. The van der Waals surface area contributed by atoms with Crippen LogP contribution in [0.3, 0.4) is 0 Å². The Kier molecular flexibility index (Phi) is 7.03. The normalized spacial score (nSPS) is 16.8. The van der Waals surface area contributed by atoms with Gasteiger partial charge in [-0.3, -0.25) is 9.59 Å². The average molecular weight is 284 g/mol. The van der Waals surface area contributed by atoms with Crippen molar-refractivity contribution in [2.75, 3.05) is 13.2 Å². The summed E-state index contributed by atoms with van der Waals surface area (Å²) >= 11 is 0. The molecule has 4 heteroatoms. The van der Waals surface area contributed by atoms with Crippen LogP contribution >= 0.6 is 0 Å². The highest BCUT2D eigenvalue weighted by Gasteiger charge is 2.50. The van der Waals surface area contributed by atoms with Gasteiger partial charge in [0.15, 0.2) is 5.41 Å². The van der Waals surface area contributed by atoms with Crippen molar-refractivity contribution < 1.29 is 19.1 Å². The zero-order chi connectivity index (χ0) is 15.0. The van der Waals surface area contributed by atoms with Gasteiger partial charge < -0.3 is 9.47 Å². The summed E-state index contributed by atoms with van der Waals surface area (Å²) < 4.78 is 10.5. The van der Waals surface area contributed by atoms with Gasteiger partial charge in [-0.25, -0.2) is 0 Å². The van der Waals surface area contributed by atoms with E-state index >= 15 is 0 Å². The van der Waals surface area contributed by atoms with Gasteiger partial charge in [0.2, 0.25) is 0 Å². The van der Waals surface area contributed by atoms with Crippen LogP contribution in [0.1, 0.15) is 65.7 Å². The van der Waals surface area contributed by atoms with Crippen molar-refractivity contribution in [3.8, 4) is 0 Å². The van der Waals surface area contributed by atoms with Gasteiger partial charge in [0.25, 0.3) is 0 Å². The topological polar surface area (TPSA) is 52.6 Å². The molecule has 0 bridgehead atoms. The van der Waals surface area contributed by atoms with Crippen LogP contribution in [0.15, 0.2) is 0 Å². The minimum Gasteiger partial charge on any atom is -0.465 e. The third-order valence-corrected chi connectivity index (χ3v) is 4.14. The second-order valence-corrected chi connectivity index (χ2v) is 5.81. The second-order valence-electron chi connectivity index (χ2n) is 5.81. The predicted octanol–water partition coefficient (Wildman–Crippen LogP) is 3.48. The van der Waals surface area contributed by atoms with Crippen LogP contribution in [0.4, 0.5) is 0 Å². The van der Waals surface area contributed by atoms with Gasteiger partial charge >= 0.3 is 11.9 Å². The summed E-state index contributed by atoms with van der Waals surface area (Å²) in [5, 5.41) is 0. The number of ether oxygens (including phenoxy) is 2. The quantitative estimate of drug-likeness (QED) is 0.530. The number of carbonyl (C=O) groups excluding carboxylic acids is 2. The lowest BCUT2D eigenvalue weighted by molar-refractivity contribution is -0.176. The van der Waals surface area contributed by atoms with Gasteiger partial charge in [-0.05, 0) is 38.5 Å². The third kappa shape index (κ3) is 3.97. The van der Waals surface area contributed by atoms with E-state index in [1.807, 2.05) is 13.8 Å². The zero-order valence-electron chi connectivity index (χ0n) is 13.1. The molecule has 0 aromatic carbocycles. The Morgan fingerprint density at radius 3 is 1.80 bits per heavy atom. The van der Waals surface area contributed by atoms with Crippen molar-refractivity contribution in [1.29, 1.82) is 0 Å². The second kappa shape index (κ2) is 8.28. The first-order chi connectivity index (χ1) is 9.57. The molecule has 0 amide bonds. The van der Waals surface area contributed by atoms with Gasteiger partial charge in [-0.2, -0.15) is 0 Å². The molecule has 1 fully saturated rings. The van der Waals surface area contributed by atoms with E-state index in [2.05, 4.69) is 0 Å². The van der Waals surface area contributed by atoms with Crippen molar-refractivity contribution in [3.05, 3.63) is 0 Å². The number of hydrogen-bond donors (Lipinski definition) is 0. The maximum atomic E-state index is 12.4. The van der Waals surface area contributed by atoms with Crippen LogP contribution in [-0.2, 0) is 19.1 Å². The molecular weight excluding hydrogens is 256 g/mol. The Bertz CT molecular complexity index is 298. The molecule has 0 saturated heterocycles. The molecule has 0 unspecified atom stereocenters. The standard InChI is InChI=1S/C16H28O4/c1-4-11-19-14(17)16(3,15(18)20-12-5-2)13-9-7-6-8-10-13/h13H,4-12H2,1-3H3. The van der Waals surface area contributed by atoms with Crippen LogP contribution in [-0.4, -0.2) is 25.2 Å². The molecule has 1 aliphatic rings. The first-order valence-electron chi connectivity index (χ1n) is 7.91. The van der Waals surface area contributed by atoms with Gasteiger partial charge in [0.1, 0.15) is 0 Å². The van der Waals surface area contributed by atoms with Crippen molar-refractivity contribution in [2.24, 2.45) is 11.3 Å². The van der Waals surface area contributed by atoms with Gasteiger partial charge in [0.05, 0.1) is 13.2 Å². The molecule has 116 valence electrons. The number of hydrogen-bond acceptors (Lipinski definition) is 4. The van der Waals surface area contributed by atoms with Crippen LogP contribution in [0, 0.1) is 11.3 Å². The van der Waals surface area contributed by atoms with Crippen molar-refractivity contribution >= 4 is 11.9 Å². The zero-order valence-corrected chi connectivity index (χ0v) is 13.1. The molecule has 0 atom stereocenters. The molecule has 0 aromatic rings. The molecule has 1 saturated carbocycles. The Labute approximate surface area is 122 Å².